The second-order valence-corrected chi connectivity index (χ2v) is 6.79. The molecular formula is C21H24N4O2. The van der Waals surface area contributed by atoms with Gasteiger partial charge in [-0.15, -0.1) is 10.2 Å². The maximum atomic E-state index is 5.46. The molecule has 1 N–H and O–H groups in total. The lowest BCUT2D eigenvalue weighted by Gasteiger charge is -2.23. The van der Waals surface area contributed by atoms with E-state index in [0.29, 0.717) is 12.5 Å². The molecular weight excluding hydrogens is 340 g/mol. The predicted molar refractivity (Wildman–Crippen MR) is 104 cm³/mol. The summed E-state index contributed by atoms with van der Waals surface area (Å²) in [5.74, 6) is 3.23. The number of methoxy groups -OCH3 is 2. The highest BCUT2D eigenvalue weighted by Gasteiger charge is 2.20. The SMILES string of the molecule is COc1ccc(CNc2ccc([C@H]3CCc4nncn4C3)cc2)c(OC)c1. The second kappa shape index (κ2) is 7.70. The van der Waals surface area contributed by atoms with Crippen molar-refractivity contribution in [2.24, 2.45) is 0 Å². The molecule has 1 aromatic heterocycles. The van der Waals surface area contributed by atoms with Crippen LogP contribution >= 0.6 is 0 Å². The van der Waals surface area contributed by atoms with Crippen LogP contribution in [0, 0.1) is 0 Å². The van der Waals surface area contributed by atoms with Crippen LogP contribution in [0.5, 0.6) is 11.5 Å². The average Bonchev–Trinajstić information content (AvgIpc) is 3.20. The molecule has 3 aromatic rings. The van der Waals surface area contributed by atoms with E-state index < -0.39 is 0 Å². The molecule has 6 nitrogen and oxygen atoms in total. The molecule has 140 valence electrons. The minimum atomic E-state index is 0.518. The standard InChI is InChI=1S/C21H24N4O2/c1-26-19-9-5-16(20(11-19)27-2)12-22-18-7-3-15(4-8-18)17-6-10-21-24-23-14-25(21)13-17/h3-5,7-9,11,14,17,22H,6,10,12-13H2,1-2H3/t17-/m0/s1. The molecule has 0 amide bonds. The topological polar surface area (TPSA) is 61.2 Å². The van der Waals surface area contributed by atoms with Gasteiger partial charge in [0.05, 0.1) is 14.2 Å². The summed E-state index contributed by atoms with van der Waals surface area (Å²) in [6.07, 6.45) is 3.94. The Balaban J connectivity index is 1.40. The summed E-state index contributed by atoms with van der Waals surface area (Å²) in [6.45, 7) is 1.65. The molecule has 4 rings (SSSR count). The summed E-state index contributed by atoms with van der Waals surface area (Å²) < 4.78 is 12.9. The van der Waals surface area contributed by atoms with Crippen LogP contribution in [0.2, 0.25) is 0 Å². The van der Waals surface area contributed by atoms with Crippen LogP contribution in [0.1, 0.15) is 29.3 Å². The summed E-state index contributed by atoms with van der Waals surface area (Å²) in [4.78, 5) is 0. The van der Waals surface area contributed by atoms with Crippen LogP contribution in [0.4, 0.5) is 5.69 Å². The third kappa shape index (κ3) is 3.74. The molecule has 27 heavy (non-hydrogen) atoms. The first kappa shape index (κ1) is 17.4. The fourth-order valence-corrected chi connectivity index (χ4v) is 3.60. The fraction of sp³-hybridized carbons (Fsp3) is 0.333. The van der Waals surface area contributed by atoms with Gasteiger partial charge in [-0.1, -0.05) is 12.1 Å². The van der Waals surface area contributed by atoms with Crippen molar-refractivity contribution in [2.75, 3.05) is 19.5 Å². The molecule has 0 bridgehead atoms. The number of anilines is 1. The van der Waals surface area contributed by atoms with Gasteiger partial charge >= 0.3 is 0 Å². The number of benzene rings is 2. The van der Waals surface area contributed by atoms with Crippen molar-refractivity contribution >= 4 is 5.69 Å². The Morgan fingerprint density at radius 1 is 1.11 bits per heavy atom. The van der Waals surface area contributed by atoms with Crippen molar-refractivity contribution in [2.45, 2.75) is 31.8 Å². The maximum absolute atomic E-state index is 5.46. The molecule has 2 heterocycles. The molecule has 2 aromatic carbocycles. The lowest BCUT2D eigenvalue weighted by Crippen LogP contribution is -2.18. The van der Waals surface area contributed by atoms with E-state index in [1.165, 1.54) is 5.56 Å². The number of hydrogen-bond acceptors (Lipinski definition) is 5. The zero-order valence-corrected chi connectivity index (χ0v) is 15.7. The molecule has 0 aliphatic carbocycles. The third-order valence-corrected chi connectivity index (χ3v) is 5.19. The van der Waals surface area contributed by atoms with Crippen molar-refractivity contribution < 1.29 is 9.47 Å². The summed E-state index contributed by atoms with van der Waals surface area (Å²) >= 11 is 0. The zero-order chi connectivity index (χ0) is 18.6. The van der Waals surface area contributed by atoms with Crippen molar-refractivity contribution in [1.82, 2.24) is 14.8 Å². The fourth-order valence-electron chi connectivity index (χ4n) is 3.60. The van der Waals surface area contributed by atoms with E-state index in [2.05, 4.69) is 44.3 Å². The van der Waals surface area contributed by atoms with Crippen molar-refractivity contribution in [3.8, 4) is 11.5 Å². The van der Waals surface area contributed by atoms with Crippen LogP contribution in [-0.2, 0) is 19.5 Å². The lowest BCUT2D eigenvalue weighted by atomic mass is 9.91. The smallest absolute Gasteiger partial charge is 0.132 e. The van der Waals surface area contributed by atoms with Crippen molar-refractivity contribution in [3.63, 3.8) is 0 Å². The summed E-state index contributed by atoms with van der Waals surface area (Å²) in [6, 6.07) is 14.6. The Morgan fingerprint density at radius 2 is 1.96 bits per heavy atom. The van der Waals surface area contributed by atoms with Gasteiger partial charge in [0.1, 0.15) is 23.7 Å². The lowest BCUT2D eigenvalue weighted by molar-refractivity contribution is 0.391. The molecule has 1 aliphatic heterocycles. The van der Waals surface area contributed by atoms with E-state index in [-0.39, 0.29) is 0 Å². The van der Waals surface area contributed by atoms with Crippen LogP contribution in [0.3, 0.4) is 0 Å². The van der Waals surface area contributed by atoms with E-state index >= 15 is 0 Å². The van der Waals surface area contributed by atoms with Crippen molar-refractivity contribution in [1.29, 1.82) is 0 Å². The Labute approximate surface area is 159 Å². The third-order valence-electron chi connectivity index (χ3n) is 5.19. The quantitative estimate of drug-likeness (QED) is 0.724. The molecule has 0 saturated heterocycles. The number of nitrogens with zero attached hydrogens (tertiary/aromatic N) is 3. The first-order valence-corrected chi connectivity index (χ1v) is 9.18. The van der Waals surface area contributed by atoms with Crippen molar-refractivity contribution in [3.05, 3.63) is 65.7 Å². The molecule has 0 radical (unpaired) electrons. The Bertz CT molecular complexity index is 905. The van der Waals surface area contributed by atoms with Gasteiger partial charge in [0, 0.05) is 42.7 Å². The number of fused-ring (bicyclic) bond motifs is 1. The Kier molecular flexibility index (Phi) is 4.96. The van der Waals surface area contributed by atoms with Gasteiger partial charge in [0.15, 0.2) is 0 Å². The van der Waals surface area contributed by atoms with Gasteiger partial charge in [-0.25, -0.2) is 0 Å². The van der Waals surface area contributed by atoms with Gasteiger partial charge in [-0.3, -0.25) is 0 Å². The molecule has 0 unspecified atom stereocenters. The number of nitrogens with one attached hydrogen (secondary N) is 1. The molecule has 1 aliphatic rings. The highest BCUT2D eigenvalue weighted by Crippen LogP contribution is 2.29. The summed E-state index contributed by atoms with van der Waals surface area (Å²) in [5.41, 5.74) is 3.55. The highest BCUT2D eigenvalue weighted by molar-refractivity contribution is 5.48. The van der Waals surface area contributed by atoms with Crippen LogP contribution in [0.25, 0.3) is 0 Å². The van der Waals surface area contributed by atoms with E-state index in [0.717, 1.165) is 48.0 Å². The zero-order valence-electron chi connectivity index (χ0n) is 15.7. The monoisotopic (exact) mass is 364 g/mol. The van der Waals surface area contributed by atoms with Gasteiger partial charge in [-0.2, -0.15) is 0 Å². The van der Waals surface area contributed by atoms with Gasteiger partial charge in [0.2, 0.25) is 0 Å². The predicted octanol–water partition coefficient (Wildman–Crippen LogP) is 3.64. The average molecular weight is 364 g/mol. The van der Waals surface area contributed by atoms with E-state index in [9.17, 15) is 0 Å². The highest BCUT2D eigenvalue weighted by atomic mass is 16.5. The van der Waals surface area contributed by atoms with E-state index in [1.807, 2.05) is 24.5 Å². The van der Waals surface area contributed by atoms with Gasteiger partial charge in [0.25, 0.3) is 0 Å². The minimum absolute atomic E-state index is 0.518. The second-order valence-electron chi connectivity index (χ2n) is 6.79. The van der Waals surface area contributed by atoms with E-state index in [1.54, 1.807) is 14.2 Å². The normalized spacial score (nSPS) is 15.9. The van der Waals surface area contributed by atoms with Crippen LogP contribution in [0.15, 0.2) is 48.8 Å². The summed E-state index contributed by atoms with van der Waals surface area (Å²) in [5, 5.41) is 11.6. The Hall–Kier alpha value is -3.02. The molecule has 1 atom stereocenters. The van der Waals surface area contributed by atoms with Gasteiger partial charge < -0.3 is 19.4 Å². The largest absolute Gasteiger partial charge is 0.497 e. The van der Waals surface area contributed by atoms with Crippen LogP contribution in [-0.4, -0.2) is 29.0 Å². The molecule has 0 saturated carbocycles. The summed E-state index contributed by atoms with van der Waals surface area (Å²) in [7, 11) is 3.34. The molecule has 6 heteroatoms. The van der Waals surface area contributed by atoms with Crippen LogP contribution < -0.4 is 14.8 Å². The maximum Gasteiger partial charge on any atom is 0.132 e. The number of hydrogen-bond donors (Lipinski definition) is 1. The number of aryl methyl sites for hydroxylation is 1. The first-order valence-electron chi connectivity index (χ1n) is 9.18. The number of rotatable bonds is 6. The molecule has 0 spiro atoms. The first-order chi connectivity index (χ1) is 13.3. The van der Waals surface area contributed by atoms with Gasteiger partial charge in [-0.05, 0) is 36.2 Å². The number of aromatic nitrogens is 3. The molecule has 0 fully saturated rings. The van der Waals surface area contributed by atoms with E-state index in [4.69, 9.17) is 9.47 Å². The minimum Gasteiger partial charge on any atom is -0.497 e. The Morgan fingerprint density at radius 3 is 2.74 bits per heavy atom. The number of ether oxygens (including phenoxy) is 2.